The molecule has 0 atom stereocenters. The zero-order valence-corrected chi connectivity index (χ0v) is 16.5. The summed E-state index contributed by atoms with van der Waals surface area (Å²) in [7, 11) is -3.95. The minimum absolute atomic E-state index is 0.0442. The number of oxime groups is 1. The fourth-order valence-electron chi connectivity index (χ4n) is 2.53. The highest BCUT2D eigenvalue weighted by atomic mass is 31.2. The van der Waals surface area contributed by atoms with E-state index in [1.54, 1.807) is 68.4 Å². The van der Waals surface area contributed by atoms with Crippen molar-refractivity contribution in [3.05, 3.63) is 71.8 Å². The Balaban J connectivity index is 2.34. The van der Waals surface area contributed by atoms with Crippen LogP contribution in [0.1, 0.15) is 30.9 Å². The molecule has 0 aliphatic heterocycles. The smallest absolute Gasteiger partial charge is 0.316 e. The number of rotatable bonds is 9. The van der Waals surface area contributed by atoms with Crippen molar-refractivity contribution in [2.24, 2.45) is 5.16 Å². The van der Waals surface area contributed by atoms with Crippen molar-refractivity contribution < 1.29 is 23.2 Å². The lowest BCUT2D eigenvalue weighted by Crippen LogP contribution is -2.16. The number of carbonyl (C=O) groups is 1. The summed E-state index contributed by atoms with van der Waals surface area (Å²) in [6, 6.07) is 19.7. The molecule has 2 aromatic rings. The van der Waals surface area contributed by atoms with Gasteiger partial charge in [0, 0.05) is 0 Å². The Morgan fingerprint density at radius 2 is 1.46 bits per heavy atom. The van der Waals surface area contributed by atoms with Gasteiger partial charge in [-0.15, -0.1) is 0 Å². The molecule has 0 spiro atoms. The van der Waals surface area contributed by atoms with Crippen LogP contribution >= 0.6 is 7.60 Å². The second kappa shape index (κ2) is 10.5. The zero-order chi connectivity index (χ0) is 20.4. The minimum atomic E-state index is -3.95. The second-order valence-electron chi connectivity index (χ2n) is 5.52. The summed E-state index contributed by atoms with van der Waals surface area (Å²) in [6.07, 6.45) is 0. The van der Waals surface area contributed by atoms with Crippen LogP contribution in [0.4, 0.5) is 0 Å². The van der Waals surface area contributed by atoms with Gasteiger partial charge in [-0.3, -0.25) is 4.57 Å². The summed E-state index contributed by atoms with van der Waals surface area (Å²) in [4.78, 5) is 17.8. The van der Waals surface area contributed by atoms with Crippen LogP contribution in [0.25, 0.3) is 0 Å². The molecular formula is C20H21N2O5P. The van der Waals surface area contributed by atoms with Gasteiger partial charge in [0.15, 0.2) is 0 Å². The SMILES string of the molecule is CCOP(=O)(OCC)C(C#N)=NOC(=O)C(c1ccccc1)c1ccccc1. The van der Waals surface area contributed by atoms with Crippen LogP contribution in [0.3, 0.4) is 0 Å². The molecule has 0 aromatic heterocycles. The van der Waals surface area contributed by atoms with E-state index < -0.39 is 24.9 Å². The first-order valence-electron chi connectivity index (χ1n) is 8.74. The van der Waals surface area contributed by atoms with Gasteiger partial charge in [0.05, 0.1) is 13.2 Å². The van der Waals surface area contributed by atoms with Gasteiger partial charge in [-0.2, -0.15) is 5.26 Å². The molecule has 0 heterocycles. The van der Waals surface area contributed by atoms with Crippen LogP contribution in [0.15, 0.2) is 65.8 Å². The average molecular weight is 400 g/mol. The van der Waals surface area contributed by atoms with Gasteiger partial charge >= 0.3 is 13.6 Å². The van der Waals surface area contributed by atoms with Crippen LogP contribution in [0.2, 0.25) is 0 Å². The third-order valence-corrected chi connectivity index (χ3v) is 5.58. The maximum absolute atomic E-state index is 12.8. The molecule has 0 unspecified atom stereocenters. The van der Waals surface area contributed by atoms with E-state index in [0.29, 0.717) is 11.1 Å². The van der Waals surface area contributed by atoms with Crippen molar-refractivity contribution in [2.45, 2.75) is 19.8 Å². The molecule has 8 heteroatoms. The fourth-order valence-corrected chi connectivity index (χ4v) is 3.79. The molecule has 28 heavy (non-hydrogen) atoms. The van der Waals surface area contributed by atoms with Crippen LogP contribution < -0.4 is 0 Å². The zero-order valence-electron chi connectivity index (χ0n) is 15.6. The Morgan fingerprint density at radius 1 is 1.00 bits per heavy atom. The number of benzene rings is 2. The first kappa shape index (κ1) is 21.5. The van der Waals surface area contributed by atoms with Crippen molar-refractivity contribution in [2.75, 3.05) is 13.2 Å². The van der Waals surface area contributed by atoms with Gasteiger partial charge in [0.1, 0.15) is 12.0 Å². The third kappa shape index (κ3) is 5.37. The Labute approximate surface area is 164 Å². The van der Waals surface area contributed by atoms with Gasteiger partial charge in [0.25, 0.3) is 5.45 Å². The number of nitriles is 1. The van der Waals surface area contributed by atoms with Crippen molar-refractivity contribution in [1.29, 1.82) is 5.26 Å². The molecule has 0 aliphatic carbocycles. The molecule has 0 bridgehead atoms. The number of nitrogens with zero attached hydrogens (tertiary/aromatic N) is 2. The van der Waals surface area contributed by atoms with E-state index in [2.05, 4.69) is 5.16 Å². The predicted molar refractivity (Wildman–Crippen MR) is 105 cm³/mol. The van der Waals surface area contributed by atoms with Crippen molar-refractivity contribution in [3.8, 4) is 6.07 Å². The highest BCUT2D eigenvalue weighted by Gasteiger charge is 2.34. The van der Waals surface area contributed by atoms with Crippen LogP contribution in [-0.4, -0.2) is 24.6 Å². The third-order valence-electron chi connectivity index (χ3n) is 3.68. The molecular weight excluding hydrogens is 379 g/mol. The average Bonchev–Trinajstić information content (AvgIpc) is 2.70. The Kier molecular flexibility index (Phi) is 8.09. The standard InChI is InChI=1S/C20H21N2O5P/c1-3-25-28(24,26-4-2)18(15-21)22-27-20(23)19(16-11-7-5-8-12-16)17-13-9-6-10-14-17/h5-14,19H,3-4H2,1-2H3. The van der Waals surface area contributed by atoms with Crippen molar-refractivity contribution in [3.63, 3.8) is 0 Å². The molecule has 0 saturated carbocycles. The number of carbonyl (C=O) groups excluding carboxylic acids is 1. The highest BCUT2D eigenvalue weighted by molar-refractivity contribution is 7.73. The molecule has 0 fully saturated rings. The van der Waals surface area contributed by atoms with E-state index in [1.165, 1.54) is 0 Å². The van der Waals surface area contributed by atoms with Gasteiger partial charge < -0.3 is 13.9 Å². The molecule has 0 aliphatic rings. The number of hydrogen-bond acceptors (Lipinski definition) is 7. The van der Waals surface area contributed by atoms with Gasteiger partial charge in [0.2, 0.25) is 0 Å². The molecule has 0 saturated heterocycles. The molecule has 2 rings (SSSR count). The van der Waals surface area contributed by atoms with E-state index in [1.807, 2.05) is 12.1 Å². The Morgan fingerprint density at radius 3 is 1.86 bits per heavy atom. The highest BCUT2D eigenvalue weighted by Crippen LogP contribution is 2.49. The van der Waals surface area contributed by atoms with Crippen LogP contribution in [0.5, 0.6) is 0 Å². The summed E-state index contributed by atoms with van der Waals surface area (Å²) in [5, 5.41) is 12.8. The van der Waals surface area contributed by atoms with Crippen LogP contribution in [-0.2, 0) is 23.2 Å². The lowest BCUT2D eigenvalue weighted by Gasteiger charge is -2.16. The van der Waals surface area contributed by atoms with Gasteiger partial charge in [-0.25, -0.2) is 4.79 Å². The van der Waals surface area contributed by atoms with Crippen LogP contribution in [0, 0.1) is 11.3 Å². The monoisotopic (exact) mass is 400 g/mol. The van der Waals surface area contributed by atoms with Gasteiger partial charge in [-0.05, 0) is 25.0 Å². The quantitative estimate of drug-likeness (QED) is 0.267. The van der Waals surface area contributed by atoms with Crippen molar-refractivity contribution >= 4 is 19.0 Å². The molecule has 2 aromatic carbocycles. The first-order chi connectivity index (χ1) is 13.6. The molecule has 0 N–H and O–H groups in total. The van der Waals surface area contributed by atoms with E-state index in [4.69, 9.17) is 13.9 Å². The summed E-state index contributed by atoms with van der Waals surface area (Å²) in [5.74, 6) is -1.48. The van der Waals surface area contributed by atoms with E-state index in [0.717, 1.165) is 0 Å². The molecule has 146 valence electrons. The maximum Gasteiger partial charge on any atom is 0.393 e. The van der Waals surface area contributed by atoms with E-state index in [-0.39, 0.29) is 13.2 Å². The number of hydrogen-bond donors (Lipinski definition) is 0. The van der Waals surface area contributed by atoms with Gasteiger partial charge in [-0.1, -0.05) is 65.8 Å². The summed E-state index contributed by atoms with van der Waals surface area (Å²) in [6.45, 7) is 3.30. The Bertz CT molecular complexity index is 844. The second-order valence-corrected chi connectivity index (χ2v) is 7.46. The summed E-state index contributed by atoms with van der Waals surface area (Å²) < 4.78 is 22.8. The lowest BCUT2D eigenvalue weighted by molar-refractivity contribution is -0.144. The summed E-state index contributed by atoms with van der Waals surface area (Å²) in [5.41, 5.74) is 0.792. The normalized spacial score (nSPS) is 11.9. The molecule has 0 amide bonds. The maximum atomic E-state index is 12.8. The molecule has 7 nitrogen and oxygen atoms in total. The minimum Gasteiger partial charge on any atom is -0.316 e. The summed E-state index contributed by atoms with van der Waals surface area (Å²) >= 11 is 0. The lowest BCUT2D eigenvalue weighted by atomic mass is 9.91. The van der Waals surface area contributed by atoms with E-state index >= 15 is 0 Å². The first-order valence-corrected chi connectivity index (χ1v) is 10.3. The fraction of sp³-hybridized carbons (Fsp3) is 0.250. The predicted octanol–water partition coefficient (Wildman–Crippen LogP) is 4.46. The molecule has 0 radical (unpaired) electrons. The largest absolute Gasteiger partial charge is 0.393 e. The topological polar surface area (TPSA) is 98.0 Å². The van der Waals surface area contributed by atoms with Crippen molar-refractivity contribution in [1.82, 2.24) is 0 Å². The van der Waals surface area contributed by atoms with E-state index in [9.17, 15) is 14.6 Å². The Hall–Kier alpha value is -2.78.